The average molecular weight is 273 g/mol. The Bertz CT molecular complexity index is 361. The lowest BCUT2D eigenvalue weighted by atomic mass is 10.4. The Hall–Kier alpha value is -0.526. The summed E-state index contributed by atoms with van der Waals surface area (Å²) in [5.41, 5.74) is 0. The number of hydrogen-bond donors (Lipinski definition) is 0. The van der Waals surface area contributed by atoms with Crippen LogP contribution < -0.4 is 5.19 Å². The zero-order valence-corrected chi connectivity index (χ0v) is 13.2. The molecule has 0 saturated carbocycles. The lowest BCUT2D eigenvalue weighted by Crippen LogP contribution is -2.67. The fourth-order valence-corrected chi connectivity index (χ4v) is 9.12. The molecule has 0 aliphatic heterocycles. The van der Waals surface area contributed by atoms with Crippen LogP contribution >= 0.6 is 0 Å². The molecule has 1 aromatic carbocycles. The van der Waals surface area contributed by atoms with Gasteiger partial charge in [0.05, 0.1) is 0 Å². The minimum Gasteiger partial charge on any atom is -0.290 e. The monoisotopic (exact) mass is 273 g/mol. The molecule has 0 N–H and O–H groups in total. The summed E-state index contributed by atoms with van der Waals surface area (Å²) in [5, 5.41) is 0.219. The topological polar surface area (TPSA) is 3.24 Å². The second-order valence-corrected chi connectivity index (χ2v) is 13.0. The van der Waals surface area contributed by atoms with Crippen LogP contribution in [0.25, 0.3) is 0 Å². The summed E-state index contributed by atoms with van der Waals surface area (Å²) >= 11 is 0. The minimum atomic E-state index is -4.51. The van der Waals surface area contributed by atoms with Crippen molar-refractivity contribution in [3.63, 3.8) is 0 Å². The van der Waals surface area contributed by atoms with Crippen molar-refractivity contribution in [3.05, 3.63) is 30.3 Å². The van der Waals surface area contributed by atoms with Gasteiger partial charge in [-0.3, -0.25) is 4.23 Å². The van der Waals surface area contributed by atoms with Crippen LogP contribution in [0.1, 0.15) is 13.8 Å². The van der Waals surface area contributed by atoms with Crippen molar-refractivity contribution in [1.29, 1.82) is 0 Å². The minimum absolute atomic E-state index is 0.108. The number of halogens is 2. The molecule has 5 heteroatoms. The van der Waals surface area contributed by atoms with Crippen molar-refractivity contribution in [2.45, 2.75) is 39.5 Å². The molecule has 0 amide bonds. The molecule has 17 heavy (non-hydrogen) atoms. The van der Waals surface area contributed by atoms with E-state index in [1.54, 1.807) is 30.3 Å². The predicted octanol–water partition coefficient (Wildman–Crippen LogP) is 3.32. The van der Waals surface area contributed by atoms with Gasteiger partial charge in [-0.1, -0.05) is 63.8 Å². The highest BCUT2D eigenvalue weighted by molar-refractivity contribution is 6.91. The van der Waals surface area contributed by atoms with E-state index in [9.17, 15) is 8.22 Å². The standard InChI is InChI=1S/C12H21F2NSi2/c1-11(2)15(16(3,4)5)17(13,14)12-9-7-6-8-10-12/h6-11H,1-5H3. The van der Waals surface area contributed by atoms with Gasteiger partial charge in [0.25, 0.3) is 0 Å². The van der Waals surface area contributed by atoms with Crippen molar-refractivity contribution >= 4 is 22.3 Å². The highest BCUT2D eigenvalue weighted by atomic mass is 28.5. The molecule has 0 radical (unpaired) electrons. The molecule has 1 rings (SSSR count). The molecule has 0 aliphatic carbocycles. The maximum absolute atomic E-state index is 14.7. The third-order valence-electron chi connectivity index (χ3n) is 2.66. The normalized spacial score (nSPS) is 13.5. The van der Waals surface area contributed by atoms with Crippen LogP contribution in [0, 0.1) is 0 Å². The van der Waals surface area contributed by atoms with Crippen molar-refractivity contribution in [1.82, 2.24) is 4.23 Å². The third kappa shape index (κ3) is 3.23. The smallest absolute Gasteiger partial charge is 0.290 e. The first-order valence-corrected chi connectivity index (χ1v) is 11.0. The zero-order valence-electron chi connectivity index (χ0n) is 11.2. The Kier molecular flexibility index (Phi) is 4.27. The molecular weight excluding hydrogens is 252 g/mol. The number of benzene rings is 1. The van der Waals surface area contributed by atoms with Gasteiger partial charge in [-0.25, -0.2) is 8.22 Å². The van der Waals surface area contributed by atoms with Crippen molar-refractivity contribution < 1.29 is 8.22 Å². The maximum atomic E-state index is 14.7. The van der Waals surface area contributed by atoms with Gasteiger partial charge in [0.2, 0.25) is 0 Å². The summed E-state index contributed by atoms with van der Waals surface area (Å²) < 4.78 is 30.9. The molecule has 0 saturated heterocycles. The van der Waals surface area contributed by atoms with E-state index in [-0.39, 0.29) is 11.2 Å². The van der Waals surface area contributed by atoms with Crippen LogP contribution in [0.3, 0.4) is 0 Å². The Labute approximate surface area is 105 Å². The van der Waals surface area contributed by atoms with E-state index in [1.165, 1.54) is 4.23 Å². The largest absolute Gasteiger partial charge is 0.534 e. The van der Waals surface area contributed by atoms with Crippen LogP contribution in [0.15, 0.2) is 30.3 Å². The maximum Gasteiger partial charge on any atom is 0.534 e. The summed E-state index contributed by atoms with van der Waals surface area (Å²) in [7, 11) is -6.54. The van der Waals surface area contributed by atoms with Gasteiger partial charge in [-0.15, -0.1) is 0 Å². The van der Waals surface area contributed by atoms with Crippen LogP contribution in [-0.2, 0) is 0 Å². The van der Waals surface area contributed by atoms with Gasteiger partial charge in [-0.05, 0) is 6.04 Å². The van der Waals surface area contributed by atoms with Gasteiger partial charge < -0.3 is 0 Å². The molecule has 0 aromatic heterocycles. The summed E-state index contributed by atoms with van der Waals surface area (Å²) in [4.78, 5) is 0. The fraction of sp³-hybridized carbons (Fsp3) is 0.500. The van der Waals surface area contributed by atoms with E-state index >= 15 is 0 Å². The van der Waals surface area contributed by atoms with Crippen LogP contribution in [0.4, 0.5) is 8.22 Å². The lowest BCUT2D eigenvalue weighted by molar-refractivity contribution is 0.407. The highest BCUT2D eigenvalue weighted by Crippen LogP contribution is 2.25. The first-order chi connectivity index (χ1) is 7.67. The second-order valence-electron chi connectivity index (χ2n) is 5.54. The lowest BCUT2D eigenvalue weighted by Gasteiger charge is -2.41. The van der Waals surface area contributed by atoms with Crippen LogP contribution in [0.2, 0.25) is 19.6 Å². The molecule has 1 nitrogen and oxygen atoms in total. The van der Waals surface area contributed by atoms with Crippen molar-refractivity contribution in [2.75, 3.05) is 0 Å². The zero-order chi connectivity index (χ0) is 13.3. The van der Waals surface area contributed by atoms with E-state index in [2.05, 4.69) is 0 Å². The number of rotatable bonds is 4. The average Bonchev–Trinajstić information content (AvgIpc) is 2.15. The van der Waals surface area contributed by atoms with E-state index in [1.807, 2.05) is 33.5 Å². The second kappa shape index (κ2) is 5.00. The van der Waals surface area contributed by atoms with Crippen molar-refractivity contribution in [3.8, 4) is 0 Å². The molecular formula is C12H21F2NSi2. The SMILES string of the molecule is CC(C)N([Si](C)(C)C)[Si](F)(F)c1ccccc1. The van der Waals surface area contributed by atoms with E-state index in [0.717, 1.165) is 0 Å². The molecule has 0 aliphatic rings. The van der Waals surface area contributed by atoms with E-state index in [4.69, 9.17) is 0 Å². The van der Waals surface area contributed by atoms with Crippen molar-refractivity contribution in [2.24, 2.45) is 0 Å². The van der Waals surface area contributed by atoms with E-state index in [0.29, 0.717) is 0 Å². The highest BCUT2D eigenvalue weighted by Gasteiger charge is 2.51. The molecule has 0 fully saturated rings. The van der Waals surface area contributed by atoms with Gasteiger partial charge >= 0.3 is 8.90 Å². The summed E-state index contributed by atoms with van der Waals surface area (Å²) in [5.74, 6) is 0. The molecule has 1 aromatic rings. The van der Waals surface area contributed by atoms with Gasteiger partial charge in [-0.2, -0.15) is 0 Å². The Morgan fingerprint density at radius 1 is 1.00 bits per heavy atom. The molecule has 0 spiro atoms. The Balaban J connectivity index is 3.18. The molecule has 0 bridgehead atoms. The third-order valence-corrected chi connectivity index (χ3v) is 9.63. The quantitative estimate of drug-likeness (QED) is 0.601. The Morgan fingerprint density at radius 2 is 1.47 bits per heavy atom. The first-order valence-electron chi connectivity index (χ1n) is 5.90. The van der Waals surface area contributed by atoms with E-state index < -0.39 is 17.1 Å². The molecule has 0 atom stereocenters. The van der Waals surface area contributed by atoms with Gasteiger partial charge in [0, 0.05) is 5.19 Å². The van der Waals surface area contributed by atoms with Crippen LogP contribution in [-0.4, -0.2) is 27.4 Å². The molecule has 0 unspecified atom stereocenters. The first kappa shape index (κ1) is 14.5. The summed E-state index contributed by atoms with van der Waals surface area (Å²) in [6, 6.07) is 8.17. The Morgan fingerprint density at radius 3 is 1.82 bits per heavy atom. The molecule has 96 valence electrons. The summed E-state index contributed by atoms with van der Waals surface area (Å²) in [6.07, 6.45) is 0. The fourth-order valence-electron chi connectivity index (χ4n) is 2.30. The summed E-state index contributed by atoms with van der Waals surface area (Å²) in [6.45, 7) is 9.68. The predicted molar refractivity (Wildman–Crippen MR) is 74.4 cm³/mol. The van der Waals surface area contributed by atoms with Gasteiger partial charge in [0.15, 0.2) is 0 Å². The van der Waals surface area contributed by atoms with Gasteiger partial charge in [0.1, 0.15) is 8.24 Å². The number of hydrogen-bond acceptors (Lipinski definition) is 1. The number of nitrogens with zero attached hydrogens (tertiary/aromatic N) is 1. The molecule has 0 heterocycles. The van der Waals surface area contributed by atoms with Crippen LogP contribution in [0.5, 0.6) is 0 Å².